The van der Waals surface area contributed by atoms with Gasteiger partial charge in [-0.25, -0.2) is 0 Å². The van der Waals surface area contributed by atoms with Crippen LogP contribution in [0.5, 0.6) is 11.5 Å². The Morgan fingerprint density at radius 2 is 1.63 bits per heavy atom. The van der Waals surface area contributed by atoms with Gasteiger partial charge in [0.05, 0.1) is 0 Å². The van der Waals surface area contributed by atoms with Gasteiger partial charge < -0.3 is 9.47 Å². The SMILES string of the molecule is CC(C)N1CC(C)(Oc2ccc(OC(F)F)cc2)C1. The fraction of sp³-hybridized carbons (Fsp3) is 0.571. The Hall–Kier alpha value is -1.36. The molecule has 2 rings (SSSR count). The number of nitrogens with zero attached hydrogens (tertiary/aromatic N) is 1. The fourth-order valence-electron chi connectivity index (χ4n) is 2.22. The van der Waals surface area contributed by atoms with Gasteiger partial charge in [0.25, 0.3) is 0 Å². The van der Waals surface area contributed by atoms with Gasteiger partial charge in [0.15, 0.2) is 0 Å². The molecular formula is C14H19F2NO2. The van der Waals surface area contributed by atoms with E-state index in [4.69, 9.17) is 4.74 Å². The van der Waals surface area contributed by atoms with Crippen molar-refractivity contribution in [1.82, 2.24) is 4.90 Å². The highest BCUT2D eigenvalue weighted by Gasteiger charge is 2.41. The van der Waals surface area contributed by atoms with Gasteiger partial charge in [-0.3, -0.25) is 4.90 Å². The van der Waals surface area contributed by atoms with Crippen LogP contribution >= 0.6 is 0 Å². The minimum Gasteiger partial charge on any atom is -0.485 e. The summed E-state index contributed by atoms with van der Waals surface area (Å²) in [5, 5.41) is 0. The average molecular weight is 271 g/mol. The van der Waals surface area contributed by atoms with Crippen LogP contribution in [-0.4, -0.2) is 36.2 Å². The van der Waals surface area contributed by atoms with Crippen molar-refractivity contribution in [3.63, 3.8) is 0 Å². The molecule has 0 unspecified atom stereocenters. The molecule has 1 aliphatic rings. The monoisotopic (exact) mass is 271 g/mol. The molecule has 0 saturated carbocycles. The van der Waals surface area contributed by atoms with Crippen LogP contribution in [0.3, 0.4) is 0 Å². The van der Waals surface area contributed by atoms with Gasteiger partial charge in [0.1, 0.15) is 17.1 Å². The Balaban J connectivity index is 1.90. The van der Waals surface area contributed by atoms with Crippen LogP contribution in [0, 0.1) is 0 Å². The van der Waals surface area contributed by atoms with E-state index in [2.05, 4.69) is 30.4 Å². The molecule has 1 aromatic rings. The predicted octanol–water partition coefficient (Wildman–Crippen LogP) is 3.15. The van der Waals surface area contributed by atoms with Crippen LogP contribution < -0.4 is 9.47 Å². The van der Waals surface area contributed by atoms with Crippen molar-refractivity contribution < 1.29 is 18.3 Å². The number of ether oxygens (including phenoxy) is 2. The molecule has 106 valence electrons. The average Bonchev–Trinajstić information content (AvgIpc) is 2.27. The largest absolute Gasteiger partial charge is 0.485 e. The second-order valence-corrected chi connectivity index (χ2v) is 5.40. The summed E-state index contributed by atoms with van der Waals surface area (Å²) in [4.78, 5) is 2.31. The maximum Gasteiger partial charge on any atom is 0.387 e. The van der Waals surface area contributed by atoms with Crippen LogP contribution in [0.25, 0.3) is 0 Å². The smallest absolute Gasteiger partial charge is 0.387 e. The molecule has 0 spiro atoms. The van der Waals surface area contributed by atoms with E-state index in [-0.39, 0.29) is 11.4 Å². The van der Waals surface area contributed by atoms with Gasteiger partial charge >= 0.3 is 6.61 Å². The maximum atomic E-state index is 12.0. The van der Waals surface area contributed by atoms with Crippen molar-refractivity contribution in [3.05, 3.63) is 24.3 Å². The molecule has 0 N–H and O–H groups in total. The number of hydrogen-bond donors (Lipinski definition) is 0. The number of hydrogen-bond acceptors (Lipinski definition) is 3. The lowest BCUT2D eigenvalue weighted by molar-refractivity contribution is -0.0777. The highest BCUT2D eigenvalue weighted by atomic mass is 19.3. The Bertz CT molecular complexity index is 414. The summed E-state index contributed by atoms with van der Waals surface area (Å²) < 4.78 is 34.2. The number of likely N-dealkylation sites (tertiary alicyclic amines) is 1. The number of halogens is 2. The molecule has 0 atom stereocenters. The zero-order valence-corrected chi connectivity index (χ0v) is 11.4. The molecule has 1 aliphatic heterocycles. The van der Waals surface area contributed by atoms with Crippen molar-refractivity contribution in [2.24, 2.45) is 0 Å². The van der Waals surface area contributed by atoms with Gasteiger partial charge in [0.2, 0.25) is 0 Å². The molecule has 0 bridgehead atoms. The summed E-state index contributed by atoms with van der Waals surface area (Å²) in [5.74, 6) is 0.817. The summed E-state index contributed by atoms with van der Waals surface area (Å²) in [6.07, 6.45) is 0. The van der Waals surface area contributed by atoms with Crippen LogP contribution in [-0.2, 0) is 0 Å². The lowest BCUT2D eigenvalue weighted by Crippen LogP contribution is -2.64. The van der Waals surface area contributed by atoms with Gasteiger partial charge in [-0.1, -0.05) is 0 Å². The summed E-state index contributed by atoms with van der Waals surface area (Å²) in [6, 6.07) is 6.80. The van der Waals surface area contributed by atoms with E-state index in [1.165, 1.54) is 12.1 Å². The predicted molar refractivity (Wildman–Crippen MR) is 68.8 cm³/mol. The summed E-state index contributed by atoms with van der Waals surface area (Å²) in [7, 11) is 0. The molecule has 0 amide bonds. The second kappa shape index (κ2) is 5.33. The normalized spacial score (nSPS) is 18.5. The minimum absolute atomic E-state index is 0.143. The Labute approximate surface area is 112 Å². The second-order valence-electron chi connectivity index (χ2n) is 5.40. The summed E-state index contributed by atoms with van der Waals surface area (Å²) in [6.45, 7) is 5.30. The minimum atomic E-state index is -2.80. The first-order valence-corrected chi connectivity index (χ1v) is 6.36. The Morgan fingerprint density at radius 3 is 2.11 bits per heavy atom. The van der Waals surface area contributed by atoms with Gasteiger partial charge in [-0.15, -0.1) is 0 Å². The van der Waals surface area contributed by atoms with Gasteiger partial charge in [-0.2, -0.15) is 8.78 Å². The molecule has 0 aliphatic carbocycles. The lowest BCUT2D eigenvalue weighted by Gasteiger charge is -2.49. The van der Waals surface area contributed by atoms with Crippen molar-refractivity contribution in [3.8, 4) is 11.5 Å². The Morgan fingerprint density at radius 1 is 1.11 bits per heavy atom. The fourth-order valence-corrected chi connectivity index (χ4v) is 2.22. The molecule has 19 heavy (non-hydrogen) atoms. The lowest BCUT2D eigenvalue weighted by atomic mass is 9.94. The first-order chi connectivity index (χ1) is 8.88. The van der Waals surface area contributed by atoms with Crippen molar-refractivity contribution in [2.45, 2.75) is 39.0 Å². The molecule has 0 aromatic heterocycles. The van der Waals surface area contributed by atoms with E-state index >= 15 is 0 Å². The number of rotatable bonds is 5. The number of benzene rings is 1. The van der Waals surface area contributed by atoms with E-state index < -0.39 is 6.61 Å². The van der Waals surface area contributed by atoms with E-state index in [0.717, 1.165) is 13.1 Å². The van der Waals surface area contributed by atoms with Gasteiger partial charge in [-0.05, 0) is 45.0 Å². The standard InChI is InChI=1S/C14H19F2NO2/c1-10(2)17-8-14(3,9-17)19-12-6-4-11(5-7-12)18-13(15)16/h4-7,10,13H,8-9H2,1-3H3. The van der Waals surface area contributed by atoms with Crippen LogP contribution in [0.15, 0.2) is 24.3 Å². The van der Waals surface area contributed by atoms with Crippen LogP contribution in [0.2, 0.25) is 0 Å². The van der Waals surface area contributed by atoms with E-state index in [1.807, 2.05) is 0 Å². The molecule has 1 heterocycles. The third-order valence-electron chi connectivity index (χ3n) is 3.22. The van der Waals surface area contributed by atoms with E-state index in [9.17, 15) is 8.78 Å². The highest BCUT2D eigenvalue weighted by molar-refractivity contribution is 5.32. The van der Waals surface area contributed by atoms with Crippen molar-refractivity contribution in [2.75, 3.05) is 13.1 Å². The van der Waals surface area contributed by atoms with E-state index in [0.29, 0.717) is 11.8 Å². The molecule has 0 radical (unpaired) electrons. The third-order valence-corrected chi connectivity index (χ3v) is 3.22. The number of alkyl halides is 2. The molecule has 1 aromatic carbocycles. The molecule has 1 fully saturated rings. The first-order valence-electron chi connectivity index (χ1n) is 6.36. The zero-order chi connectivity index (χ0) is 14.0. The summed E-state index contributed by atoms with van der Waals surface area (Å²) in [5.41, 5.74) is -0.199. The molecule has 5 heteroatoms. The Kier molecular flexibility index (Phi) is 3.94. The molecule has 1 saturated heterocycles. The van der Waals surface area contributed by atoms with E-state index in [1.54, 1.807) is 12.1 Å². The quantitative estimate of drug-likeness (QED) is 0.821. The third kappa shape index (κ3) is 3.56. The van der Waals surface area contributed by atoms with Crippen molar-refractivity contribution in [1.29, 1.82) is 0 Å². The van der Waals surface area contributed by atoms with Crippen LogP contribution in [0.4, 0.5) is 8.78 Å². The maximum absolute atomic E-state index is 12.0. The van der Waals surface area contributed by atoms with Gasteiger partial charge in [0, 0.05) is 19.1 Å². The first kappa shape index (κ1) is 14.1. The highest BCUT2D eigenvalue weighted by Crippen LogP contribution is 2.29. The molecule has 3 nitrogen and oxygen atoms in total. The molecular weight excluding hydrogens is 252 g/mol. The summed E-state index contributed by atoms with van der Waals surface area (Å²) >= 11 is 0. The topological polar surface area (TPSA) is 21.7 Å². The van der Waals surface area contributed by atoms with Crippen LogP contribution in [0.1, 0.15) is 20.8 Å². The zero-order valence-electron chi connectivity index (χ0n) is 11.4. The van der Waals surface area contributed by atoms with Crippen molar-refractivity contribution >= 4 is 0 Å².